The molecule has 0 saturated carbocycles. The minimum Gasteiger partial charge on any atom is -0.478 e. The molecule has 0 aliphatic carbocycles. The van der Waals surface area contributed by atoms with Gasteiger partial charge in [-0.05, 0) is 18.2 Å². The Morgan fingerprint density at radius 3 is 1.68 bits per heavy atom. The molecule has 6 rings (SSSR count). The third-order valence-electron chi connectivity index (χ3n) is 6.07. The minimum atomic E-state index is -1.00. The highest BCUT2D eigenvalue weighted by atomic mass is 16.4. The van der Waals surface area contributed by atoms with Crippen molar-refractivity contribution in [3.8, 4) is 45.4 Å². The Morgan fingerprint density at radius 1 is 0.514 bits per heavy atom. The number of para-hydroxylation sites is 1. The highest BCUT2D eigenvalue weighted by molar-refractivity contribution is 6.02. The number of nitrogens with zero attached hydrogens (tertiary/aromatic N) is 4. The normalized spacial score (nSPS) is 10.9. The van der Waals surface area contributed by atoms with E-state index in [1.165, 1.54) is 0 Å². The topological polar surface area (TPSA) is 88.9 Å². The Hall–Kier alpha value is -5.23. The van der Waals surface area contributed by atoms with E-state index < -0.39 is 5.97 Å². The molecule has 0 fully saturated rings. The molecule has 0 spiro atoms. The van der Waals surface area contributed by atoms with E-state index in [1.54, 1.807) is 12.1 Å². The standard InChI is InChI=1S/C31H20N4O2/c36-31(37)25-16-8-13-20-17-18-26(32-27(20)25)23-14-7-15-24(19-23)30-34-28(21-9-3-1-4-10-21)33-29(35-30)22-11-5-2-6-12-22/h1-19H,(H,36,37). The largest absolute Gasteiger partial charge is 0.478 e. The summed E-state index contributed by atoms with van der Waals surface area (Å²) in [5.74, 6) is 0.715. The Morgan fingerprint density at radius 2 is 1.05 bits per heavy atom. The monoisotopic (exact) mass is 480 g/mol. The average Bonchev–Trinajstić information content (AvgIpc) is 2.97. The number of carboxylic acid groups (broad SMARTS) is 1. The van der Waals surface area contributed by atoms with E-state index >= 15 is 0 Å². The molecule has 6 heteroatoms. The maximum absolute atomic E-state index is 11.7. The van der Waals surface area contributed by atoms with Gasteiger partial charge < -0.3 is 5.11 Å². The van der Waals surface area contributed by atoms with Crippen LogP contribution >= 0.6 is 0 Å². The second-order valence-corrected chi connectivity index (χ2v) is 8.50. The molecule has 176 valence electrons. The molecule has 0 aliphatic rings. The van der Waals surface area contributed by atoms with Crippen molar-refractivity contribution in [2.75, 3.05) is 0 Å². The molecule has 6 nitrogen and oxygen atoms in total. The molecule has 4 aromatic carbocycles. The first-order valence-electron chi connectivity index (χ1n) is 11.8. The number of carbonyl (C=O) groups is 1. The van der Waals surface area contributed by atoms with Crippen LogP contribution in [-0.4, -0.2) is 31.0 Å². The van der Waals surface area contributed by atoms with Crippen LogP contribution < -0.4 is 0 Å². The molecule has 0 bridgehead atoms. The van der Waals surface area contributed by atoms with Crippen molar-refractivity contribution in [1.29, 1.82) is 0 Å². The fourth-order valence-corrected chi connectivity index (χ4v) is 4.24. The second kappa shape index (κ2) is 9.43. The van der Waals surface area contributed by atoms with Gasteiger partial charge in [-0.15, -0.1) is 0 Å². The van der Waals surface area contributed by atoms with E-state index in [4.69, 9.17) is 19.9 Å². The number of benzene rings is 4. The lowest BCUT2D eigenvalue weighted by atomic mass is 10.0. The molecule has 37 heavy (non-hydrogen) atoms. The molecule has 2 heterocycles. The van der Waals surface area contributed by atoms with Gasteiger partial charge in [0.15, 0.2) is 17.5 Å². The van der Waals surface area contributed by atoms with Gasteiger partial charge in [0, 0.05) is 27.6 Å². The van der Waals surface area contributed by atoms with Crippen LogP contribution in [0.5, 0.6) is 0 Å². The predicted molar refractivity (Wildman–Crippen MR) is 144 cm³/mol. The summed E-state index contributed by atoms with van der Waals surface area (Å²) in [6.45, 7) is 0. The summed E-state index contributed by atoms with van der Waals surface area (Å²) in [6, 6.07) is 36.4. The summed E-state index contributed by atoms with van der Waals surface area (Å²) in [7, 11) is 0. The SMILES string of the molecule is O=C(O)c1cccc2ccc(-c3cccc(-c4nc(-c5ccccc5)nc(-c5ccccc5)n4)c3)nc12. The van der Waals surface area contributed by atoms with E-state index in [0.717, 1.165) is 27.6 Å². The number of fused-ring (bicyclic) bond motifs is 1. The highest BCUT2D eigenvalue weighted by Gasteiger charge is 2.14. The summed E-state index contributed by atoms with van der Waals surface area (Å²) in [6.07, 6.45) is 0. The van der Waals surface area contributed by atoms with Gasteiger partial charge in [0.2, 0.25) is 0 Å². The van der Waals surface area contributed by atoms with E-state index in [9.17, 15) is 9.90 Å². The third-order valence-corrected chi connectivity index (χ3v) is 6.07. The van der Waals surface area contributed by atoms with Crippen LogP contribution in [0, 0.1) is 0 Å². The first-order valence-corrected chi connectivity index (χ1v) is 11.8. The summed E-state index contributed by atoms with van der Waals surface area (Å²) in [5, 5.41) is 10.4. The first-order chi connectivity index (χ1) is 18.2. The molecular formula is C31H20N4O2. The molecule has 1 N–H and O–H groups in total. The van der Waals surface area contributed by atoms with Gasteiger partial charge in [-0.1, -0.05) is 97.1 Å². The van der Waals surface area contributed by atoms with Gasteiger partial charge in [-0.25, -0.2) is 24.7 Å². The first kappa shape index (κ1) is 22.2. The van der Waals surface area contributed by atoms with E-state index in [2.05, 4.69) is 0 Å². The molecule has 0 unspecified atom stereocenters. The minimum absolute atomic E-state index is 0.174. The molecule has 0 atom stereocenters. The van der Waals surface area contributed by atoms with Crippen LogP contribution in [0.3, 0.4) is 0 Å². The number of pyridine rings is 1. The lowest BCUT2D eigenvalue weighted by Crippen LogP contribution is -2.00. The van der Waals surface area contributed by atoms with Gasteiger partial charge in [-0.2, -0.15) is 0 Å². The Kier molecular flexibility index (Phi) is 5.67. The average molecular weight is 481 g/mol. The fourth-order valence-electron chi connectivity index (χ4n) is 4.24. The summed E-state index contributed by atoms with van der Waals surface area (Å²) < 4.78 is 0. The van der Waals surface area contributed by atoms with E-state index in [-0.39, 0.29) is 5.56 Å². The Labute approximate surface area is 213 Å². The number of aromatic nitrogens is 4. The van der Waals surface area contributed by atoms with Gasteiger partial charge in [0.05, 0.1) is 16.8 Å². The van der Waals surface area contributed by atoms with Crippen LogP contribution in [0.4, 0.5) is 0 Å². The molecule has 0 saturated heterocycles. The lowest BCUT2D eigenvalue weighted by Gasteiger charge is -2.10. The smallest absolute Gasteiger partial charge is 0.337 e. The predicted octanol–water partition coefficient (Wildman–Crippen LogP) is 6.79. The van der Waals surface area contributed by atoms with Crippen molar-refractivity contribution < 1.29 is 9.90 Å². The van der Waals surface area contributed by atoms with Crippen LogP contribution in [0.2, 0.25) is 0 Å². The van der Waals surface area contributed by atoms with Crippen molar-refractivity contribution in [2.24, 2.45) is 0 Å². The second-order valence-electron chi connectivity index (χ2n) is 8.50. The Bertz CT molecular complexity index is 1700. The molecule has 0 amide bonds. The van der Waals surface area contributed by atoms with Crippen molar-refractivity contribution >= 4 is 16.9 Å². The molecule has 2 aromatic heterocycles. The van der Waals surface area contributed by atoms with Crippen molar-refractivity contribution in [2.45, 2.75) is 0 Å². The van der Waals surface area contributed by atoms with Crippen LogP contribution in [0.15, 0.2) is 115 Å². The summed E-state index contributed by atoms with van der Waals surface area (Å²) >= 11 is 0. The van der Waals surface area contributed by atoms with Crippen molar-refractivity contribution in [1.82, 2.24) is 19.9 Å². The zero-order chi connectivity index (χ0) is 25.2. The van der Waals surface area contributed by atoms with Crippen molar-refractivity contribution in [3.63, 3.8) is 0 Å². The maximum Gasteiger partial charge on any atom is 0.337 e. The van der Waals surface area contributed by atoms with Crippen LogP contribution in [0.25, 0.3) is 56.3 Å². The number of hydrogen-bond donors (Lipinski definition) is 1. The van der Waals surface area contributed by atoms with Crippen LogP contribution in [0.1, 0.15) is 10.4 Å². The molecule has 0 radical (unpaired) electrons. The molecule has 6 aromatic rings. The molecular weight excluding hydrogens is 460 g/mol. The fraction of sp³-hybridized carbons (Fsp3) is 0. The Balaban J connectivity index is 1.49. The van der Waals surface area contributed by atoms with Crippen LogP contribution in [-0.2, 0) is 0 Å². The zero-order valence-corrected chi connectivity index (χ0v) is 19.6. The maximum atomic E-state index is 11.7. The van der Waals surface area contributed by atoms with Gasteiger partial charge >= 0.3 is 5.97 Å². The quantitative estimate of drug-likeness (QED) is 0.292. The van der Waals surface area contributed by atoms with E-state index in [1.807, 2.05) is 103 Å². The number of aromatic carboxylic acids is 1. The number of carboxylic acids is 1. The van der Waals surface area contributed by atoms with Gasteiger partial charge in [0.1, 0.15) is 0 Å². The summed E-state index contributed by atoms with van der Waals surface area (Å²) in [4.78, 5) is 30.8. The zero-order valence-electron chi connectivity index (χ0n) is 19.6. The van der Waals surface area contributed by atoms with E-state index in [0.29, 0.717) is 28.7 Å². The van der Waals surface area contributed by atoms with Crippen molar-refractivity contribution in [3.05, 3.63) is 121 Å². The highest BCUT2D eigenvalue weighted by Crippen LogP contribution is 2.29. The third kappa shape index (κ3) is 4.44. The van der Waals surface area contributed by atoms with Gasteiger partial charge in [0.25, 0.3) is 0 Å². The lowest BCUT2D eigenvalue weighted by molar-refractivity contribution is 0.0699. The number of rotatable bonds is 5. The molecule has 0 aliphatic heterocycles. The number of hydrogen-bond acceptors (Lipinski definition) is 5. The summed E-state index contributed by atoms with van der Waals surface area (Å²) in [5.41, 5.74) is 4.74. The van der Waals surface area contributed by atoms with Gasteiger partial charge in [-0.3, -0.25) is 0 Å².